The van der Waals surface area contributed by atoms with Gasteiger partial charge in [-0.2, -0.15) is 0 Å². The first-order chi connectivity index (χ1) is 12.7. The van der Waals surface area contributed by atoms with Gasteiger partial charge in [0, 0.05) is 26.2 Å². The van der Waals surface area contributed by atoms with Crippen molar-refractivity contribution in [2.75, 3.05) is 13.3 Å². The van der Waals surface area contributed by atoms with Gasteiger partial charge in [-0.1, -0.05) is 57.0 Å². The van der Waals surface area contributed by atoms with Crippen molar-refractivity contribution < 1.29 is 9.47 Å². The Morgan fingerprint density at radius 2 is 1.50 bits per heavy atom. The average molecular weight is 354 g/mol. The molecule has 4 heteroatoms. The largest absolute Gasteiger partial charge is 0.454 e. The molecule has 3 rings (SSSR count). The summed E-state index contributed by atoms with van der Waals surface area (Å²) in [6.07, 6.45) is 2.42. The molecule has 4 nitrogen and oxygen atoms in total. The minimum absolute atomic E-state index is 0.323. The third kappa shape index (κ3) is 4.77. The molecule has 0 spiro atoms. The van der Waals surface area contributed by atoms with E-state index in [-0.39, 0.29) is 0 Å². The molecule has 0 unspecified atom stereocenters. The number of rotatable bonds is 9. The predicted molar refractivity (Wildman–Crippen MR) is 105 cm³/mol. The number of nitrogens with zero attached hydrogens (tertiary/aromatic N) is 1. The van der Waals surface area contributed by atoms with Crippen molar-refractivity contribution in [3.63, 3.8) is 0 Å². The lowest BCUT2D eigenvalue weighted by molar-refractivity contribution is 0.173. The van der Waals surface area contributed by atoms with Gasteiger partial charge >= 0.3 is 0 Å². The summed E-state index contributed by atoms with van der Waals surface area (Å²) in [4.78, 5) is 2.53. The third-order valence-corrected chi connectivity index (χ3v) is 5.18. The average Bonchev–Trinajstić information content (AvgIpc) is 3.14. The SMILES string of the molecule is CCC(CC)CN(Cc1ccc(CN)cc1)Cc1ccc2c(c1)OCO2. The topological polar surface area (TPSA) is 47.7 Å². The van der Waals surface area contributed by atoms with Crippen LogP contribution in [0.1, 0.15) is 43.4 Å². The van der Waals surface area contributed by atoms with E-state index in [1.165, 1.54) is 29.5 Å². The van der Waals surface area contributed by atoms with E-state index in [0.717, 1.165) is 31.1 Å². The van der Waals surface area contributed by atoms with Crippen LogP contribution in [0.15, 0.2) is 42.5 Å². The number of hydrogen-bond acceptors (Lipinski definition) is 4. The maximum Gasteiger partial charge on any atom is 0.231 e. The summed E-state index contributed by atoms with van der Waals surface area (Å²) in [7, 11) is 0. The molecule has 0 aliphatic carbocycles. The smallest absolute Gasteiger partial charge is 0.231 e. The van der Waals surface area contributed by atoms with Gasteiger partial charge in [-0.05, 0) is 34.7 Å². The van der Waals surface area contributed by atoms with E-state index in [1.807, 2.05) is 6.07 Å². The van der Waals surface area contributed by atoms with Crippen LogP contribution in [0.5, 0.6) is 11.5 Å². The van der Waals surface area contributed by atoms with Crippen molar-refractivity contribution in [1.82, 2.24) is 4.90 Å². The van der Waals surface area contributed by atoms with Gasteiger partial charge in [0.15, 0.2) is 11.5 Å². The number of nitrogens with two attached hydrogens (primary N) is 1. The van der Waals surface area contributed by atoms with Crippen LogP contribution in [0.25, 0.3) is 0 Å². The molecule has 0 amide bonds. The van der Waals surface area contributed by atoms with Crippen LogP contribution < -0.4 is 15.2 Å². The van der Waals surface area contributed by atoms with Gasteiger partial charge in [-0.3, -0.25) is 4.90 Å². The molecule has 2 N–H and O–H groups in total. The van der Waals surface area contributed by atoms with Crippen molar-refractivity contribution in [2.45, 2.75) is 46.3 Å². The van der Waals surface area contributed by atoms with Gasteiger partial charge in [0.05, 0.1) is 0 Å². The fourth-order valence-electron chi connectivity index (χ4n) is 3.43. The Hall–Kier alpha value is -2.04. The molecule has 140 valence electrons. The summed E-state index contributed by atoms with van der Waals surface area (Å²) in [5.41, 5.74) is 9.48. The molecule has 0 atom stereocenters. The highest BCUT2D eigenvalue weighted by molar-refractivity contribution is 5.44. The second-order valence-corrected chi connectivity index (χ2v) is 7.06. The Bertz CT molecular complexity index is 696. The summed E-state index contributed by atoms with van der Waals surface area (Å²) in [5.74, 6) is 2.42. The first-order valence-corrected chi connectivity index (χ1v) is 9.60. The molecule has 0 bridgehead atoms. The van der Waals surface area contributed by atoms with Crippen molar-refractivity contribution in [3.8, 4) is 11.5 Å². The summed E-state index contributed by atoms with van der Waals surface area (Å²) >= 11 is 0. The van der Waals surface area contributed by atoms with Crippen molar-refractivity contribution >= 4 is 0 Å². The lowest BCUT2D eigenvalue weighted by atomic mass is 10.0. The summed E-state index contributed by atoms with van der Waals surface area (Å²) < 4.78 is 11.0. The van der Waals surface area contributed by atoms with E-state index in [0.29, 0.717) is 19.3 Å². The number of fused-ring (bicyclic) bond motifs is 1. The zero-order chi connectivity index (χ0) is 18.4. The van der Waals surface area contributed by atoms with E-state index >= 15 is 0 Å². The van der Waals surface area contributed by atoms with Crippen LogP contribution in [0.3, 0.4) is 0 Å². The van der Waals surface area contributed by atoms with E-state index < -0.39 is 0 Å². The molecule has 0 aromatic heterocycles. The maximum absolute atomic E-state index is 5.72. The quantitative estimate of drug-likeness (QED) is 0.729. The van der Waals surface area contributed by atoms with E-state index in [4.69, 9.17) is 15.2 Å². The molecule has 0 radical (unpaired) electrons. The summed E-state index contributed by atoms with van der Waals surface area (Å²) in [6.45, 7) is 8.42. The lowest BCUT2D eigenvalue weighted by Crippen LogP contribution is -2.28. The monoisotopic (exact) mass is 354 g/mol. The Morgan fingerprint density at radius 3 is 2.19 bits per heavy atom. The highest BCUT2D eigenvalue weighted by Gasteiger charge is 2.16. The fourth-order valence-corrected chi connectivity index (χ4v) is 3.43. The predicted octanol–water partition coefficient (Wildman–Crippen LogP) is 4.31. The molecule has 0 saturated heterocycles. The van der Waals surface area contributed by atoms with E-state index in [1.54, 1.807) is 0 Å². The Labute approximate surface area is 156 Å². The zero-order valence-corrected chi connectivity index (χ0v) is 15.9. The minimum atomic E-state index is 0.323. The molecule has 0 fully saturated rings. The Kier molecular flexibility index (Phi) is 6.53. The van der Waals surface area contributed by atoms with E-state index in [9.17, 15) is 0 Å². The molecular formula is C22H30N2O2. The number of hydrogen-bond donors (Lipinski definition) is 1. The normalized spacial score (nSPS) is 13.0. The fraction of sp³-hybridized carbons (Fsp3) is 0.455. The third-order valence-electron chi connectivity index (χ3n) is 5.18. The highest BCUT2D eigenvalue weighted by atomic mass is 16.7. The van der Waals surface area contributed by atoms with Gasteiger partial charge in [0.2, 0.25) is 6.79 Å². The van der Waals surface area contributed by atoms with Crippen molar-refractivity contribution in [3.05, 3.63) is 59.2 Å². The summed E-state index contributed by atoms with van der Waals surface area (Å²) in [6, 6.07) is 14.9. The van der Waals surface area contributed by atoms with Crippen LogP contribution >= 0.6 is 0 Å². The summed E-state index contributed by atoms with van der Waals surface area (Å²) in [5, 5.41) is 0. The first kappa shape index (κ1) is 18.7. The zero-order valence-electron chi connectivity index (χ0n) is 15.9. The van der Waals surface area contributed by atoms with E-state index in [2.05, 4.69) is 55.1 Å². The molecule has 1 aliphatic heterocycles. The minimum Gasteiger partial charge on any atom is -0.454 e. The van der Waals surface area contributed by atoms with Crippen molar-refractivity contribution in [1.29, 1.82) is 0 Å². The second-order valence-electron chi connectivity index (χ2n) is 7.06. The number of benzene rings is 2. The van der Waals surface area contributed by atoms with Crippen LogP contribution in [0.4, 0.5) is 0 Å². The lowest BCUT2D eigenvalue weighted by Gasteiger charge is -2.27. The Morgan fingerprint density at radius 1 is 0.885 bits per heavy atom. The van der Waals surface area contributed by atoms with Crippen LogP contribution in [0.2, 0.25) is 0 Å². The molecule has 2 aromatic rings. The molecule has 26 heavy (non-hydrogen) atoms. The van der Waals surface area contributed by atoms with Crippen LogP contribution in [-0.2, 0) is 19.6 Å². The van der Waals surface area contributed by atoms with Crippen molar-refractivity contribution in [2.24, 2.45) is 11.7 Å². The second kappa shape index (κ2) is 9.06. The number of ether oxygens (including phenoxy) is 2. The Balaban J connectivity index is 1.73. The molecular weight excluding hydrogens is 324 g/mol. The van der Waals surface area contributed by atoms with Crippen LogP contribution in [-0.4, -0.2) is 18.2 Å². The molecule has 0 saturated carbocycles. The first-order valence-electron chi connectivity index (χ1n) is 9.60. The van der Waals surface area contributed by atoms with Crippen LogP contribution in [0, 0.1) is 5.92 Å². The standard InChI is InChI=1S/C22H30N2O2/c1-3-17(4-2)13-24(14-19-7-5-18(12-23)6-8-19)15-20-9-10-21-22(11-20)26-16-25-21/h5-11,17H,3-4,12-16,23H2,1-2H3. The van der Waals surface area contributed by atoms with Gasteiger partial charge in [0.1, 0.15) is 0 Å². The maximum atomic E-state index is 5.72. The highest BCUT2D eigenvalue weighted by Crippen LogP contribution is 2.33. The molecule has 2 aromatic carbocycles. The van der Waals surface area contributed by atoms with Gasteiger partial charge in [-0.25, -0.2) is 0 Å². The van der Waals surface area contributed by atoms with Gasteiger partial charge in [0.25, 0.3) is 0 Å². The van der Waals surface area contributed by atoms with Gasteiger partial charge < -0.3 is 15.2 Å². The van der Waals surface area contributed by atoms with Gasteiger partial charge in [-0.15, -0.1) is 0 Å². The molecule has 1 aliphatic rings. The molecule has 1 heterocycles.